The summed E-state index contributed by atoms with van der Waals surface area (Å²) in [7, 11) is 0. The Hall–Kier alpha value is -2.55. The molecule has 2 aromatic rings. The number of amides is 2. The van der Waals surface area contributed by atoms with E-state index in [1.165, 1.54) is 23.9 Å². The molecular formula is C20H18F4N2O2S. The van der Waals surface area contributed by atoms with Crippen molar-refractivity contribution in [2.24, 2.45) is 0 Å². The highest BCUT2D eigenvalue weighted by Gasteiger charge is 2.47. The summed E-state index contributed by atoms with van der Waals surface area (Å²) in [5, 5.41) is 2.50. The van der Waals surface area contributed by atoms with Gasteiger partial charge in [-0.05, 0) is 30.0 Å². The number of halogens is 4. The first-order valence-electron chi connectivity index (χ1n) is 8.76. The molecule has 1 unspecified atom stereocenters. The fraction of sp³-hybridized carbons (Fsp3) is 0.300. The molecule has 1 aliphatic rings. The van der Waals surface area contributed by atoms with Gasteiger partial charge in [-0.15, -0.1) is 11.8 Å². The number of carbonyl (C=O) groups is 2. The van der Waals surface area contributed by atoms with E-state index < -0.39 is 54.1 Å². The van der Waals surface area contributed by atoms with E-state index in [4.69, 9.17) is 0 Å². The molecule has 0 aromatic heterocycles. The molecule has 3 rings (SSSR count). The highest BCUT2D eigenvalue weighted by Crippen LogP contribution is 2.39. The number of nitrogens with one attached hydrogen (secondary N) is 1. The Morgan fingerprint density at radius 3 is 2.52 bits per heavy atom. The topological polar surface area (TPSA) is 49.4 Å². The number of nitrogens with zero attached hydrogens (tertiary/aromatic N) is 1. The zero-order valence-electron chi connectivity index (χ0n) is 15.4. The fourth-order valence-electron chi connectivity index (χ4n) is 3.30. The van der Waals surface area contributed by atoms with Gasteiger partial charge in [0.25, 0.3) is 5.92 Å². The molecule has 0 heterocycles. The highest BCUT2D eigenvalue weighted by molar-refractivity contribution is 7.98. The van der Waals surface area contributed by atoms with Crippen LogP contribution in [0.2, 0.25) is 0 Å². The van der Waals surface area contributed by atoms with Crippen LogP contribution >= 0.6 is 11.8 Å². The van der Waals surface area contributed by atoms with Gasteiger partial charge in [0, 0.05) is 23.8 Å². The van der Waals surface area contributed by atoms with Crippen LogP contribution in [-0.4, -0.2) is 30.5 Å². The molecule has 0 radical (unpaired) electrons. The van der Waals surface area contributed by atoms with Crippen LogP contribution in [0.1, 0.15) is 24.4 Å². The van der Waals surface area contributed by atoms with E-state index in [-0.39, 0.29) is 6.41 Å². The van der Waals surface area contributed by atoms with Gasteiger partial charge in [0.05, 0.1) is 5.69 Å². The number of thioether (sulfide) groups is 1. The third kappa shape index (κ3) is 4.39. The Morgan fingerprint density at radius 1 is 1.21 bits per heavy atom. The van der Waals surface area contributed by atoms with Gasteiger partial charge in [-0.25, -0.2) is 17.6 Å². The molecule has 29 heavy (non-hydrogen) atoms. The molecule has 0 saturated heterocycles. The summed E-state index contributed by atoms with van der Waals surface area (Å²) in [6.07, 6.45) is 0.971. The van der Waals surface area contributed by atoms with Crippen molar-refractivity contribution in [3.63, 3.8) is 0 Å². The van der Waals surface area contributed by atoms with Crippen LogP contribution < -0.4 is 10.2 Å². The maximum Gasteiger partial charge on any atom is 0.252 e. The third-order valence-corrected chi connectivity index (χ3v) is 5.53. The van der Waals surface area contributed by atoms with Crippen LogP contribution in [-0.2, 0) is 9.59 Å². The summed E-state index contributed by atoms with van der Waals surface area (Å²) < 4.78 is 54.4. The van der Waals surface area contributed by atoms with E-state index in [1.807, 2.05) is 0 Å². The predicted octanol–water partition coefficient (Wildman–Crippen LogP) is 4.30. The lowest BCUT2D eigenvalue weighted by Crippen LogP contribution is -2.53. The molecule has 154 valence electrons. The number of hydrogen-bond donors (Lipinski definition) is 1. The first-order chi connectivity index (χ1) is 13.8. The van der Waals surface area contributed by atoms with E-state index in [0.717, 1.165) is 11.0 Å². The van der Waals surface area contributed by atoms with Crippen molar-refractivity contribution in [3.8, 4) is 0 Å². The van der Waals surface area contributed by atoms with E-state index >= 15 is 0 Å². The molecular weight excluding hydrogens is 408 g/mol. The summed E-state index contributed by atoms with van der Waals surface area (Å²) in [6, 6.07) is 7.82. The van der Waals surface area contributed by atoms with Crippen molar-refractivity contribution in [2.75, 3.05) is 11.2 Å². The van der Waals surface area contributed by atoms with E-state index in [2.05, 4.69) is 5.32 Å². The summed E-state index contributed by atoms with van der Waals surface area (Å²) in [5.74, 6) is -6.05. The first-order valence-corrected chi connectivity index (χ1v) is 9.98. The maximum atomic E-state index is 14.4. The quantitative estimate of drug-likeness (QED) is 0.408. The van der Waals surface area contributed by atoms with Crippen LogP contribution in [0.15, 0.2) is 47.4 Å². The van der Waals surface area contributed by atoms with Crippen molar-refractivity contribution in [2.45, 2.75) is 35.7 Å². The van der Waals surface area contributed by atoms with Gasteiger partial charge in [-0.1, -0.05) is 24.3 Å². The molecule has 0 bridgehead atoms. The standard InChI is InChI=1S/C20H18F4N2O2S/c1-29-16-8-3-2-5-13(16)18(19(28)25-12-9-20(23,24)10-12)26(11-27)15-7-4-6-14(21)17(15)22/h2-8,11-12,18H,9-10H2,1H3,(H,25,28). The molecule has 9 heteroatoms. The van der Waals surface area contributed by atoms with Crippen molar-refractivity contribution >= 4 is 29.8 Å². The molecule has 0 spiro atoms. The molecule has 1 atom stereocenters. The van der Waals surface area contributed by atoms with Gasteiger partial charge >= 0.3 is 0 Å². The third-order valence-electron chi connectivity index (χ3n) is 4.72. The van der Waals surface area contributed by atoms with Crippen LogP contribution in [0.25, 0.3) is 0 Å². The molecule has 2 amide bonds. The number of anilines is 1. The lowest BCUT2D eigenvalue weighted by atomic mass is 9.87. The number of hydrogen-bond acceptors (Lipinski definition) is 3. The summed E-state index contributed by atoms with van der Waals surface area (Å²) >= 11 is 1.30. The molecule has 1 N–H and O–H groups in total. The molecule has 2 aromatic carbocycles. The number of carbonyl (C=O) groups excluding carboxylic acids is 2. The minimum absolute atomic E-state index is 0.231. The Labute approximate surface area is 169 Å². The Morgan fingerprint density at radius 2 is 1.90 bits per heavy atom. The molecule has 1 saturated carbocycles. The summed E-state index contributed by atoms with van der Waals surface area (Å²) in [5.41, 5.74) is -0.0469. The lowest BCUT2D eigenvalue weighted by molar-refractivity contribution is -0.131. The average molecular weight is 426 g/mol. The Kier molecular flexibility index (Phi) is 6.16. The van der Waals surface area contributed by atoms with E-state index in [1.54, 1.807) is 30.5 Å². The van der Waals surface area contributed by atoms with Gasteiger partial charge < -0.3 is 5.32 Å². The predicted molar refractivity (Wildman–Crippen MR) is 102 cm³/mol. The van der Waals surface area contributed by atoms with Crippen LogP contribution in [0.4, 0.5) is 23.2 Å². The van der Waals surface area contributed by atoms with Crippen molar-refractivity contribution in [3.05, 3.63) is 59.7 Å². The highest BCUT2D eigenvalue weighted by atomic mass is 32.2. The zero-order valence-corrected chi connectivity index (χ0v) is 16.2. The second-order valence-corrected chi connectivity index (χ2v) is 7.55. The van der Waals surface area contributed by atoms with Gasteiger partial charge in [0.1, 0.15) is 6.04 Å². The maximum absolute atomic E-state index is 14.4. The summed E-state index contributed by atoms with van der Waals surface area (Å²) in [6.45, 7) is 0. The smallest absolute Gasteiger partial charge is 0.252 e. The van der Waals surface area contributed by atoms with Crippen molar-refractivity contribution in [1.82, 2.24) is 5.32 Å². The van der Waals surface area contributed by atoms with Crippen molar-refractivity contribution in [1.29, 1.82) is 0 Å². The number of alkyl halides is 2. The molecule has 1 fully saturated rings. The van der Waals surface area contributed by atoms with Gasteiger partial charge in [0.2, 0.25) is 12.3 Å². The van der Waals surface area contributed by atoms with Gasteiger partial charge in [-0.3, -0.25) is 14.5 Å². The molecule has 0 aliphatic heterocycles. The SMILES string of the molecule is CSc1ccccc1C(C(=O)NC1CC(F)(F)C1)N(C=O)c1cccc(F)c1F. The molecule has 4 nitrogen and oxygen atoms in total. The monoisotopic (exact) mass is 426 g/mol. The lowest BCUT2D eigenvalue weighted by Gasteiger charge is -2.37. The fourth-order valence-corrected chi connectivity index (χ4v) is 3.93. The number of benzene rings is 2. The van der Waals surface area contributed by atoms with Crippen molar-refractivity contribution < 1.29 is 27.2 Å². The van der Waals surface area contributed by atoms with E-state index in [9.17, 15) is 27.2 Å². The minimum atomic E-state index is -2.84. The second kappa shape index (κ2) is 8.44. The van der Waals surface area contributed by atoms with Crippen LogP contribution in [0.5, 0.6) is 0 Å². The summed E-state index contributed by atoms with van der Waals surface area (Å²) in [4.78, 5) is 26.3. The normalized spacial score (nSPS) is 16.6. The largest absolute Gasteiger partial charge is 0.351 e. The van der Waals surface area contributed by atoms with Gasteiger partial charge in [0.15, 0.2) is 11.6 Å². The second-order valence-electron chi connectivity index (χ2n) is 6.70. The van der Waals surface area contributed by atoms with Crippen LogP contribution in [0, 0.1) is 11.6 Å². The van der Waals surface area contributed by atoms with E-state index in [0.29, 0.717) is 10.5 Å². The van der Waals surface area contributed by atoms with Gasteiger partial charge in [-0.2, -0.15) is 0 Å². The molecule has 1 aliphatic carbocycles. The zero-order chi connectivity index (χ0) is 21.2. The average Bonchev–Trinajstić information content (AvgIpc) is 2.67. The van der Waals surface area contributed by atoms with Crippen LogP contribution in [0.3, 0.4) is 0 Å². The first kappa shape index (κ1) is 21.2. The minimum Gasteiger partial charge on any atom is -0.351 e. The number of rotatable bonds is 7. The Balaban J connectivity index is 2.03. The Bertz CT molecular complexity index is 917.